The van der Waals surface area contributed by atoms with Crippen molar-refractivity contribution in [2.24, 2.45) is 0 Å². The molecule has 0 spiro atoms. The Kier molecular flexibility index (Phi) is 8.88. The molecule has 18 heteroatoms. The molecule has 0 nitrogen and oxygen atoms in total. The van der Waals surface area contributed by atoms with Crippen LogP contribution in [0.5, 0.6) is 0 Å². The van der Waals surface area contributed by atoms with Crippen molar-refractivity contribution in [2.75, 3.05) is 0 Å². The van der Waals surface area contributed by atoms with E-state index in [-0.39, 0.29) is 21.8 Å². The minimum absolute atomic E-state index is 0.124. The van der Waals surface area contributed by atoms with Crippen molar-refractivity contribution in [3.05, 3.63) is 97.1 Å². The predicted octanol–water partition coefficient (Wildman–Crippen LogP) is 15.1. The number of halogens is 12. The molecular formula is C29H24F12P2S4. The number of fused-ring (bicyclic) bond motifs is 4. The molecule has 258 valence electrons. The minimum atomic E-state index is -10.7. The van der Waals surface area contributed by atoms with Crippen LogP contribution < -0.4 is 0 Å². The number of hydrogen-bond donors (Lipinski definition) is 0. The Labute approximate surface area is 276 Å². The van der Waals surface area contributed by atoms with Gasteiger partial charge >= 0.3 is 66.0 Å². The molecule has 47 heavy (non-hydrogen) atoms. The monoisotopic (exact) mass is 790 g/mol. The van der Waals surface area contributed by atoms with Crippen LogP contribution in [-0.4, -0.2) is 10.5 Å². The van der Waals surface area contributed by atoms with Gasteiger partial charge in [-0.1, -0.05) is 72.1 Å². The maximum Gasteiger partial charge on any atom is 0.177 e. The zero-order valence-electron chi connectivity index (χ0n) is 23.6. The molecule has 0 amide bonds. The topological polar surface area (TPSA) is 0 Å². The van der Waals surface area contributed by atoms with E-state index in [1.54, 1.807) is 19.6 Å². The van der Waals surface area contributed by atoms with Crippen LogP contribution in [0.2, 0.25) is 0 Å². The first-order chi connectivity index (χ1) is 21.3. The predicted molar refractivity (Wildman–Crippen MR) is 170 cm³/mol. The summed E-state index contributed by atoms with van der Waals surface area (Å²) in [5, 5.41) is 1.39. The summed E-state index contributed by atoms with van der Waals surface area (Å²) in [6, 6.07) is 36.8. The standard InChI is InChI=1S/C29H24S4.2F6P/c1-5-14-24-20(10-1)30-21-11-2-6-15-25(21)32(24)28-18-9-19-29(28)33-26-16-7-3-12-22(26)31-23-13-4-8-17-27(23)33;2*1-7(2,3,4,5)6/h1-8,10-17,28-29H,9,18-19H2;;/q+2;2*-1/t28-,29-;;/m1../s1. The van der Waals surface area contributed by atoms with E-state index in [2.05, 4.69) is 97.1 Å². The summed E-state index contributed by atoms with van der Waals surface area (Å²) in [7, 11) is -21.1. The molecule has 1 fully saturated rings. The molecule has 1 saturated carbocycles. The summed E-state index contributed by atoms with van der Waals surface area (Å²) in [5.74, 6) is 0. The minimum Gasteiger partial charge on any atom is -0.0795 e. The van der Waals surface area contributed by atoms with Crippen molar-refractivity contribution >= 4 is 60.9 Å². The van der Waals surface area contributed by atoms with Crippen LogP contribution in [0.3, 0.4) is 0 Å². The fourth-order valence-electron chi connectivity index (χ4n) is 5.42. The van der Waals surface area contributed by atoms with Gasteiger partial charge in [0.1, 0.15) is 0 Å². The molecule has 4 aromatic rings. The van der Waals surface area contributed by atoms with Gasteiger partial charge in [0.15, 0.2) is 30.1 Å². The van der Waals surface area contributed by atoms with Gasteiger partial charge in [-0.3, -0.25) is 0 Å². The molecule has 0 unspecified atom stereocenters. The van der Waals surface area contributed by atoms with Gasteiger partial charge in [-0.2, -0.15) is 0 Å². The SMILES string of the molecule is F[P-](F)(F)(F)(F)F.F[P-](F)(F)(F)(F)F.c1ccc2c(c1)Sc1ccccc1[S+]2[C@@H]1CCC[C@H]1[S+]1c2ccccc2Sc2ccccc21. The third kappa shape index (κ3) is 11.2. The van der Waals surface area contributed by atoms with Crippen molar-refractivity contribution in [2.45, 2.75) is 68.9 Å². The Balaban J connectivity index is 0.000000262. The van der Waals surface area contributed by atoms with Crippen LogP contribution in [0.25, 0.3) is 0 Å². The van der Waals surface area contributed by atoms with E-state index >= 15 is 0 Å². The van der Waals surface area contributed by atoms with Crippen LogP contribution in [0.15, 0.2) is 136 Å². The van der Waals surface area contributed by atoms with Crippen molar-refractivity contribution in [1.82, 2.24) is 0 Å². The van der Waals surface area contributed by atoms with Crippen molar-refractivity contribution in [3.8, 4) is 0 Å². The zero-order valence-corrected chi connectivity index (χ0v) is 28.6. The molecule has 2 heterocycles. The summed E-state index contributed by atoms with van der Waals surface area (Å²) < 4.78 is 118. The molecule has 0 N–H and O–H groups in total. The van der Waals surface area contributed by atoms with Gasteiger partial charge < -0.3 is 0 Å². The van der Waals surface area contributed by atoms with Gasteiger partial charge in [-0.25, -0.2) is 0 Å². The van der Waals surface area contributed by atoms with E-state index in [9.17, 15) is 50.4 Å². The van der Waals surface area contributed by atoms with Crippen LogP contribution in [-0.2, 0) is 21.8 Å². The van der Waals surface area contributed by atoms with Gasteiger partial charge in [-0.05, 0) is 55.0 Å². The molecule has 1 aliphatic carbocycles. The van der Waals surface area contributed by atoms with Crippen molar-refractivity contribution in [1.29, 1.82) is 0 Å². The average Bonchev–Trinajstić information content (AvgIpc) is 3.40. The van der Waals surface area contributed by atoms with E-state index in [0.29, 0.717) is 10.5 Å². The van der Waals surface area contributed by atoms with Crippen LogP contribution in [0.4, 0.5) is 50.4 Å². The first-order valence-electron chi connectivity index (χ1n) is 13.6. The maximum atomic E-state index is 9.87. The first kappa shape index (κ1) is 36.6. The second-order valence-electron chi connectivity index (χ2n) is 10.6. The summed E-state index contributed by atoms with van der Waals surface area (Å²) in [5.41, 5.74) is 0. The maximum absolute atomic E-state index is 10.7. The summed E-state index contributed by atoms with van der Waals surface area (Å²) in [4.78, 5) is 12.2. The van der Waals surface area contributed by atoms with Gasteiger partial charge in [0.2, 0.25) is 0 Å². The van der Waals surface area contributed by atoms with E-state index < -0.39 is 15.6 Å². The average molecular weight is 791 g/mol. The molecule has 3 aliphatic rings. The van der Waals surface area contributed by atoms with Crippen LogP contribution in [0.1, 0.15) is 19.3 Å². The Morgan fingerprint density at radius 3 is 0.851 bits per heavy atom. The van der Waals surface area contributed by atoms with Crippen molar-refractivity contribution < 1.29 is 50.4 Å². The Hall–Kier alpha value is -1.70. The zero-order chi connectivity index (χ0) is 34.6. The number of benzene rings is 4. The fraction of sp³-hybridized carbons (Fsp3) is 0.172. The van der Waals surface area contributed by atoms with E-state index in [0.717, 1.165) is 0 Å². The summed E-state index contributed by atoms with van der Waals surface area (Å²) in [6.07, 6.45) is 4.02. The normalized spacial score (nSPS) is 22.1. The second kappa shape index (κ2) is 11.4. The molecule has 2 aliphatic heterocycles. The van der Waals surface area contributed by atoms with E-state index in [1.807, 2.05) is 23.5 Å². The van der Waals surface area contributed by atoms with Gasteiger partial charge in [0, 0.05) is 12.8 Å². The van der Waals surface area contributed by atoms with Crippen molar-refractivity contribution in [3.63, 3.8) is 0 Å². The third-order valence-electron chi connectivity index (χ3n) is 6.78. The summed E-state index contributed by atoms with van der Waals surface area (Å²) >= 11 is 3.93. The smallest absolute Gasteiger partial charge is 0.0795 e. The summed E-state index contributed by atoms with van der Waals surface area (Å²) in [6.45, 7) is 0. The third-order valence-corrected chi connectivity index (χ3v) is 15.4. The molecule has 2 atom stereocenters. The second-order valence-corrected chi connectivity index (χ2v) is 20.9. The molecule has 0 saturated heterocycles. The molecule has 4 aromatic carbocycles. The quantitative estimate of drug-likeness (QED) is 0.113. The van der Waals surface area contributed by atoms with Gasteiger partial charge in [0.05, 0.1) is 41.4 Å². The van der Waals surface area contributed by atoms with Crippen LogP contribution in [0, 0.1) is 0 Å². The largest absolute Gasteiger partial charge is 0.177 e. The van der Waals surface area contributed by atoms with Gasteiger partial charge in [0.25, 0.3) is 0 Å². The Bertz CT molecular complexity index is 1560. The molecule has 0 bridgehead atoms. The fourth-order valence-corrected chi connectivity index (χ4v) is 14.9. The van der Waals surface area contributed by atoms with Gasteiger partial charge in [-0.15, -0.1) is 0 Å². The Morgan fingerprint density at radius 1 is 0.404 bits per heavy atom. The molecule has 7 rings (SSSR count). The number of hydrogen-bond acceptors (Lipinski definition) is 2. The molecule has 0 aromatic heterocycles. The number of rotatable bonds is 2. The van der Waals surface area contributed by atoms with E-state index in [1.165, 1.54) is 38.8 Å². The molecule has 0 radical (unpaired) electrons. The van der Waals surface area contributed by atoms with E-state index in [4.69, 9.17) is 0 Å². The Morgan fingerprint density at radius 2 is 0.617 bits per heavy atom. The van der Waals surface area contributed by atoms with Crippen LogP contribution >= 0.6 is 39.1 Å². The first-order valence-corrected chi connectivity index (χ1v) is 21.9. The molecular weight excluding hydrogens is 767 g/mol.